The topological polar surface area (TPSA) is 80.5 Å². The Labute approximate surface area is 125 Å². The first-order chi connectivity index (χ1) is 10.1. The van der Waals surface area contributed by atoms with E-state index in [2.05, 4.69) is 16.4 Å². The molecule has 1 aliphatic heterocycles. The Morgan fingerprint density at radius 3 is 3.10 bits per heavy atom. The molecule has 1 aromatic rings. The lowest BCUT2D eigenvalue weighted by Gasteiger charge is -2.25. The molecule has 0 spiro atoms. The minimum Gasteiger partial charge on any atom is -0.383 e. The summed E-state index contributed by atoms with van der Waals surface area (Å²) >= 11 is 0. The Balaban J connectivity index is 2.03. The summed E-state index contributed by atoms with van der Waals surface area (Å²) in [5.41, 5.74) is 7.67. The lowest BCUT2D eigenvalue weighted by molar-refractivity contribution is -0.119. The number of aryl methyl sites for hydroxylation is 1. The highest BCUT2D eigenvalue weighted by Gasteiger charge is 2.30. The summed E-state index contributed by atoms with van der Waals surface area (Å²) in [6, 6.07) is 1.89. The number of aromatic nitrogens is 1. The highest BCUT2D eigenvalue weighted by molar-refractivity contribution is 5.84. The molecule has 3 N–H and O–H groups in total. The SMILES string of the molecule is COCCNCc1cnc(N2CCCC2C(N)=O)c(C)c1. The van der Waals surface area contributed by atoms with Crippen LogP contribution < -0.4 is 16.0 Å². The minimum atomic E-state index is -0.265. The van der Waals surface area contributed by atoms with Crippen molar-refractivity contribution in [3.05, 3.63) is 23.4 Å². The van der Waals surface area contributed by atoms with Gasteiger partial charge in [-0.2, -0.15) is 0 Å². The van der Waals surface area contributed by atoms with Crippen LogP contribution in [0.4, 0.5) is 5.82 Å². The predicted octanol–water partition coefficient (Wildman–Crippen LogP) is 0.580. The van der Waals surface area contributed by atoms with Crippen molar-refractivity contribution >= 4 is 11.7 Å². The number of anilines is 1. The van der Waals surface area contributed by atoms with Gasteiger partial charge in [0.1, 0.15) is 11.9 Å². The van der Waals surface area contributed by atoms with E-state index in [-0.39, 0.29) is 11.9 Å². The number of carbonyl (C=O) groups excluding carboxylic acids is 1. The van der Waals surface area contributed by atoms with Gasteiger partial charge in [0.15, 0.2) is 0 Å². The average Bonchev–Trinajstić information content (AvgIpc) is 2.93. The zero-order chi connectivity index (χ0) is 15.2. The summed E-state index contributed by atoms with van der Waals surface area (Å²) in [5, 5.41) is 3.29. The largest absolute Gasteiger partial charge is 0.383 e. The molecule has 1 aromatic heterocycles. The number of pyridine rings is 1. The van der Waals surface area contributed by atoms with Crippen LogP contribution in [-0.4, -0.2) is 43.7 Å². The number of ether oxygens (including phenoxy) is 1. The Hall–Kier alpha value is -1.66. The summed E-state index contributed by atoms with van der Waals surface area (Å²) in [6.07, 6.45) is 3.66. The minimum absolute atomic E-state index is 0.220. The van der Waals surface area contributed by atoms with Crippen molar-refractivity contribution in [2.75, 3.05) is 31.7 Å². The second kappa shape index (κ2) is 7.38. The smallest absolute Gasteiger partial charge is 0.240 e. The quantitative estimate of drug-likeness (QED) is 0.719. The van der Waals surface area contributed by atoms with Crippen LogP contribution in [0.2, 0.25) is 0 Å². The molecule has 1 amide bonds. The van der Waals surface area contributed by atoms with Crippen molar-refractivity contribution in [1.82, 2.24) is 10.3 Å². The third-order valence-corrected chi connectivity index (χ3v) is 3.77. The standard InChI is InChI=1S/C15H24N4O2/c1-11-8-12(9-17-5-7-21-2)10-18-15(11)19-6-3-4-13(19)14(16)20/h8,10,13,17H,3-7,9H2,1-2H3,(H2,16,20). The molecule has 1 fully saturated rings. The van der Waals surface area contributed by atoms with Crippen molar-refractivity contribution in [3.8, 4) is 0 Å². The van der Waals surface area contributed by atoms with Crippen molar-refractivity contribution in [2.24, 2.45) is 5.73 Å². The Bertz CT molecular complexity index is 493. The number of hydrogen-bond donors (Lipinski definition) is 2. The van der Waals surface area contributed by atoms with E-state index in [0.717, 1.165) is 49.4 Å². The molecule has 0 aromatic carbocycles. The van der Waals surface area contributed by atoms with Gasteiger partial charge in [-0.15, -0.1) is 0 Å². The summed E-state index contributed by atoms with van der Waals surface area (Å²) in [4.78, 5) is 18.1. The molecular formula is C15H24N4O2. The van der Waals surface area contributed by atoms with Gasteiger partial charge in [-0.1, -0.05) is 0 Å². The Morgan fingerprint density at radius 2 is 2.43 bits per heavy atom. The van der Waals surface area contributed by atoms with Crippen LogP contribution in [-0.2, 0) is 16.1 Å². The second-order valence-electron chi connectivity index (χ2n) is 5.41. The normalized spacial score (nSPS) is 18.2. The van der Waals surface area contributed by atoms with E-state index in [1.807, 2.05) is 18.0 Å². The highest BCUT2D eigenvalue weighted by Crippen LogP contribution is 2.26. The van der Waals surface area contributed by atoms with E-state index in [0.29, 0.717) is 6.61 Å². The van der Waals surface area contributed by atoms with Gasteiger partial charge in [0.05, 0.1) is 6.61 Å². The van der Waals surface area contributed by atoms with Gasteiger partial charge in [-0.25, -0.2) is 4.98 Å². The molecule has 0 aliphatic carbocycles. The molecule has 1 aliphatic rings. The maximum atomic E-state index is 11.5. The third-order valence-electron chi connectivity index (χ3n) is 3.77. The van der Waals surface area contributed by atoms with E-state index in [1.165, 1.54) is 0 Å². The zero-order valence-electron chi connectivity index (χ0n) is 12.8. The number of nitrogens with one attached hydrogen (secondary N) is 1. The van der Waals surface area contributed by atoms with Gasteiger partial charge in [0, 0.05) is 32.9 Å². The molecule has 1 unspecified atom stereocenters. The summed E-state index contributed by atoms with van der Waals surface area (Å²) in [6.45, 7) is 5.13. The number of methoxy groups -OCH3 is 1. The maximum Gasteiger partial charge on any atom is 0.240 e. The van der Waals surface area contributed by atoms with Gasteiger partial charge >= 0.3 is 0 Å². The number of hydrogen-bond acceptors (Lipinski definition) is 5. The van der Waals surface area contributed by atoms with E-state index >= 15 is 0 Å². The van der Waals surface area contributed by atoms with Crippen LogP contribution in [0.3, 0.4) is 0 Å². The van der Waals surface area contributed by atoms with Crippen LogP contribution in [0.15, 0.2) is 12.3 Å². The maximum absolute atomic E-state index is 11.5. The fraction of sp³-hybridized carbons (Fsp3) is 0.600. The molecule has 0 radical (unpaired) electrons. The van der Waals surface area contributed by atoms with Crippen LogP contribution >= 0.6 is 0 Å². The molecule has 2 rings (SSSR count). The Morgan fingerprint density at radius 1 is 1.62 bits per heavy atom. The molecule has 1 saturated heterocycles. The van der Waals surface area contributed by atoms with E-state index < -0.39 is 0 Å². The van der Waals surface area contributed by atoms with Crippen molar-refractivity contribution in [1.29, 1.82) is 0 Å². The first kappa shape index (κ1) is 15.7. The van der Waals surface area contributed by atoms with Crippen LogP contribution in [0.5, 0.6) is 0 Å². The van der Waals surface area contributed by atoms with Gasteiger partial charge in [-0.3, -0.25) is 4.79 Å². The molecule has 0 saturated carbocycles. The average molecular weight is 292 g/mol. The van der Waals surface area contributed by atoms with Crippen molar-refractivity contribution < 1.29 is 9.53 Å². The van der Waals surface area contributed by atoms with E-state index in [9.17, 15) is 4.79 Å². The fourth-order valence-corrected chi connectivity index (χ4v) is 2.75. The van der Waals surface area contributed by atoms with E-state index in [4.69, 9.17) is 10.5 Å². The summed E-state index contributed by atoms with van der Waals surface area (Å²) < 4.78 is 5.00. The predicted molar refractivity (Wildman–Crippen MR) is 82.1 cm³/mol. The number of primary amides is 1. The summed E-state index contributed by atoms with van der Waals surface area (Å²) in [7, 11) is 1.69. The van der Waals surface area contributed by atoms with Crippen LogP contribution in [0.1, 0.15) is 24.0 Å². The lowest BCUT2D eigenvalue weighted by atomic mass is 10.1. The molecule has 6 nitrogen and oxygen atoms in total. The summed E-state index contributed by atoms with van der Waals surface area (Å²) in [5.74, 6) is 0.607. The monoisotopic (exact) mass is 292 g/mol. The zero-order valence-corrected chi connectivity index (χ0v) is 12.8. The van der Waals surface area contributed by atoms with Crippen LogP contribution in [0, 0.1) is 6.92 Å². The third kappa shape index (κ3) is 3.92. The molecule has 0 bridgehead atoms. The fourth-order valence-electron chi connectivity index (χ4n) is 2.75. The van der Waals surface area contributed by atoms with Crippen molar-refractivity contribution in [3.63, 3.8) is 0 Å². The van der Waals surface area contributed by atoms with Crippen molar-refractivity contribution in [2.45, 2.75) is 32.4 Å². The molecule has 1 atom stereocenters. The first-order valence-electron chi connectivity index (χ1n) is 7.34. The molecule has 6 heteroatoms. The van der Waals surface area contributed by atoms with Gasteiger partial charge in [-0.05, 0) is 37.0 Å². The first-order valence-corrected chi connectivity index (χ1v) is 7.34. The van der Waals surface area contributed by atoms with Gasteiger partial charge < -0.3 is 20.7 Å². The number of carbonyl (C=O) groups is 1. The molecule has 2 heterocycles. The molecule has 21 heavy (non-hydrogen) atoms. The van der Waals surface area contributed by atoms with Gasteiger partial charge in [0.2, 0.25) is 5.91 Å². The van der Waals surface area contributed by atoms with E-state index in [1.54, 1.807) is 7.11 Å². The Kier molecular flexibility index (Phi) is 5.52. The molecule has 116 valence electrons. The number of nitrogens with two attached hydrogens (primary N) is 1. The lowest BCUT2D eigenvalue weighted by Crippen LogP contribution is -2.41. The second-order valence-corrected chi connectivity index (χ2v) is 5.41. The number of amides is 1. The highest BCUT2D eigenvalue weighted by atomic mass is 16.5. The number of rotatable bonds is 7. The number of nitrogens with zero attached hydrogens (tertiary/aromatic N) is 2. The van der Waals surface area contributed by atoms with Crippen LogP contribution in [0.25, 0.3) is 0 Å². The van der Waals surface area contributed by atoms with Gasteiger partial charge in [0.25, 0.3) is 0 Å². The molecular weight excluding hydrogens is 268 g/mol.